The number of piperidine rings is 1. The van der Waals surface area contributed by atoms with E-state index in [2.05, 4.69) is 24.2 Å². The predicted octanol–water partition coefficient (Wildman–Crippen LogP) is 2.49. The SMILES string of the molecule is CC1CN(C)CCC1Nc1cc(F)cc([N+](=O)[O-])c1. The summed E-state index contributed by atoms with van der Waals surface area (Å²) in [5.41, 5.74) is 0.260. The molecule has 2 unspecified atom stereocenters. The number of halogens is 1. The Bertz CT molecular complexity index is 481. The van der Waals surface area contributed by atoms with Crippen molar-refractivity contribution < 1.29 is 9.31 Å². The number of benzene rings is 1. The molecule has 1 N–H and O–H groups in total. The third-order valence-electron chi connectivity index (χ3n) is 3.55. The van der Waals surface area contributed by atoms with Gasteiger partial charge in [0.15, 0.2) is 0 Å². The highest BCUT2D eigenvalue weighted by atomic mass is 19.1. The van der Waals surface area contributed by atoms with Gasteiger partial charge in [0.1, 0.15) is 5.82 Å². The number of anilines is 1. The molecule has 1 aromatic rings. The van der Waals surface area contributed by atoms with E-state index in [0.29, 0.717) is 11.6 Å². The van der Waals surface area contributed by atoms with Crippen molar-refractivity contribution in [1.29, 1.82) is 0 Å². The Morgan fingerprint density at radius 2 is 2.21 bits per heavy atom. The molecular weight excluding hydrogens is 249 g/mol. The van der Waals surface area contributed by atoms with Crippen LogP contribution < -0.4 is 5.32 Å². The third kappa shape index (κ3) is 3.41. The Morgan fingerprint density at radius 3 is 2.84 bits per heavy atom. The van der Waals surface area contributed by atoms with Crippen LogP contribution in [-0.4, -0.2) is 36.0 Å². The molecular formula is C13H18FN3O2. The molecule has 104 valence electrons. The minimum atomic E-state index is -0.586. The molecule has 2 rings (SSSR count). The van der Waals surface area contributed by atoms with E-state index in [1.165, 1.54) is 12.1 Å². The maximum absolute atomic E-state index is 13.3. The maximum atomic E-state index is 13.3. The molecule has 1 aliphatic rings. The van der Waals surface area contributed by atoms with E-state index in [0.717, 1.165) is 25.6 Å². The van der Waals surface area contributed by atoms with E-state index in [-0.39, 0.29) is 11.7 Å². The van der Waals surface area contributed by atoms with Crippen molar-refractivity contribution >= 4 is 11.4 Å². The average Bonchev–Trinajstić information content (AvgIpc) is 2.32. The summed E-state index contributed by atoms with van der Waals surface area (Å²) in [4.78, 5) is 12.4. The topological polar surface area (TPSA) is 58.4 Å². The van der Waals surface area contributed by atoms with Crippen LogP contribution in [0, 0.1) is 21.8 Å². The van der Waals surface area contributed by atoms with Crippen LogP contribution in [0.3, 0.4) is 0 Å². The summed E-state index contributed by atoms with van der Waals surface area (Å²) in [6, 6.07) is 3.84. The Balaban J connectivity index is 2.12. The molecule has 2 atom stereocenters. The Hall–Kier alpha value is -1.69. The largest absolute Gasteiger partial charge is 0.382 e. The van der Waals surface area contributed by atoms with Gasteiger partial charge in [-0.1, -0.05) is 6.92 Å². The van der Waals surface area contributed by atoms with Crippen LogP contribution in [0.2, 0.25) is 0 Å². The lowest BCUT2D eigenvalue weighted by atomic mass is 9.94. The van der Waals surface area contributed by atoms with Crippen LogP contribution in [0.5, 0.6) is 0 Å². The summed E-state index contributed by atoms with van der Waals surface area (Å²) in [6.07, 6.45) is 0.946. The smallest absolute Gasteiger partial charge is 0.274 e. The number of nitro benzene ring substituents is 1. The zero-order chi connectivity index (χ0) is 14.0. The van der Waals surface area contributed by atoms with Gasteiger partial charge in [-0.2, -0.15) is 0 Å². The number of hydrogen-bond acceptors (Lipinski definition) is 4. The molecule has 0 aliphatic carbocycles. The first kappa shape index (κ1) is 13.7. The first-order valence-electron chi connectivity index (χ1n) is 6.36. The van der Waals surface area contributed by atoms with E-state index in [9.17, 15) is 14.5 Å². The highest BCUT2D eigenvalue weighted by Crippen LogP contribution is 2.24. The zero-order valence-electron chi connectivity index (χ0n) is 11.1. The fourth-order valence-corrected chi connectivity index (χ4v) is 2.55. The second-order valence-corrected chi connectivity index (χ2v) is 5.23. The lowest BCUT2D eigenvalue weighted by Crippen LogP contribution is -2.43. The van der Waals surface area contributed by atoms with Crippen molar-refractivity contribution in [2.45, 2.75) is 19.4 Å². The van der Waals surface area contributed by atoms with Crippen molar-refractivity contribution in [3.05, 3.63) is 34.1 Å². The van der Waals surface area contributed by atoms with Gasteiger partial charge in [-0.15, -0.1) is 0 Å². The van der Waals surface area contributed by atoms with Crippen LogP contribution >= 0.6 is 0 Å². The van der Waals surface area contributed by atoms with E-state index in [4.69, 9.17) is 0 Å². The second-order valence-electron chi connectivity index (χ2n) is 5.23. The van der Waals surface area contributed by atoms with Crippen LogP contribution in [0.15, 0.2) is 18.2 Å². The highest BCUT2D eigenvalue weighted by Gasteiger charge is 2.24. The molecule has 0 radical (unpaired) electrons. The number of nitrogens with zero attached hydrogens (tertiary/aromatic N) is 2. The van der Waals surface area contributed by atoms with Gasteiger partial charge in [-0.3, -0.25) is 10.1 Å². The molecule has 0 amide bonds. The fraction of sp³-hybridized carbons (Fsp3) is 0.538. The molecule has 0 bridgehead atoms. The fourth-order valence-electron chi connectivity index (χ4n) is 2.55. The average molecular weight is 267 g/mol. The van der Waals surface area contributed by atoms with Gasteiger partial charge in [-0.25, -0.2) is 4.39 Å². The number of rotatable bonds is 3. The summed E-state index contributed by atoms with van der Waals surface area (Å²) >= 11 is 0. The van der Waals surface area contributed by atoms with E-state index in [1.807, 2.05) is 0 Å². The normalized spacial score (nSPS) is 24.2. The van der Waals surface area contributed by atoms with E-state index >= 15 is 0 Å². The number of likely N-dealkylation sites (tertiary alicyclic amines) is 1. The zero-order valence-corrected chi connectivity index (χ0v) is 11.1. The Labute approximate surface area is 111 Å². The van der Waals surface area contributed by atoms with Gasteiger partial charge >= 0.3 is 0 Å². The van der Waals surface area contributed by atoms with Gasteiger partial charge in [-0.05, 0) is 32.0 Å². The standard InChI is InChI=1S/C13H18FN3O2/c1-9-8-16(2)4-3-13(9)15-11-5-10(14)6-12(7-11)17(18)19/h5-7,9,13,15H,3-4,8H2,1-2H3. The summed E-state index contributed by atoms with van der Waals surface area (Å²) in [7, 11) is 2.07. The Kier molecular flexibility index (Phi) is 3.99. The van der Waals surface area contributed by atoms with Crippen LogP contribution in [0.25, 0.3) is 0 Å². The molecule has 0 spiro atoms. The molecule has 1 fully saturated rings. The molecule has 1 saturated heterocycles. The quantitative estimate of drug-likeness (QED) is 0.675. The lowest BCUT2D eigenvalue weighted by molar-refractivity contribution is -0.385. The van der Waals surface area contributed by atoms with E-state index in [1.54, 1.807) is 0 Å². The summed E-state index contributed by atoms with van der Waals surface area (Å²) in [5.74, 6) is -0.168. The number of nitrogens with one attached hydrogen (secondary N) is 1. The summed E-state index contributed by atoms with van der Waals surface area (Å²) < 4.78 is 13.3. The molecule has 5 nitrogen and oxygen atoms in total. The minimum Gasteiger partial charge on any atom is -0.382 e. The summed E-state index contributed by atoms with van der Waals surface area (Å²) in [6.45, 7) is 4.07. The second kappa shape index (κ2) is 5.52. The van der Waals surface area contributed by atoms with Crippen molar-refractivity contribution in [3.8, 4) is 0 Å². The minimum absolute atomic E-state index is 0.219. The molecule has 1 heterocycles. The molecule has 0 saturated carbocycles. The predicted molar refractivity (Wildman–Crippen MR) is 71.7 cm³/mol. The highest BCUT2D eigenvalue weighted by molar-refractivity contribution is 5.52. The van der Waals surface area contributed by atoms with Crippen molar-refractivity contribution in [3.63, 3.8) is 0 Å². The Morgan fingerprint density at radius 1 is 1.47 bits per heavy atom. The number of non-ortho nitro benzene ring substituents is 1. The molecule has 6 heteroatoms. The monoisotopic (exact) mass is 267 g/mol. The molecule has 1 aliphatic heterocycles. The number of nitro groups is 1. The van der Waals surface area contributed by atoms with Crippen LogP contribution in [-0.2, 0) is 0 Å². The van der Waals surface area contributed by atoms with Gasteiger partial charge in [0.25, 0.3) is 5.69 Å². The van der Waals surface area contributed by atoms with Crippen molar-refractivity contribution in [2.75, 3.05) is 25.5 Å². The van der Waals surface area contributed by atoms with Crippen LogP contribution in [0.1, 0.15) is 13.3 Å². The third-order valence-corrected chi connectivity index (χ3v) is 3.55. The summed E-state index contributed by atoms with van der Waals surface area (Å²) in [5, 5.41) is 13.9. The van der Waals surface area contributed by atoms with E-state index < -0.39 is 10.7 Å². The maximum Gasteiger partial charge on any atom is 0.274 e. The van der Waals surface area contributed by atoms with Crippen LogP contribution in [0.4, 0.5) is 15.8 Å². The van der Waals surface area contributed by atoms with Crippen molar-refractivity contribution in [2.24, 2.45) is 5.92 Å². The molecule has 1 aromatic carbocycles. The van der Waals surface area contributed by atoms with Gasteiger partial charge in [0.05, 0.1) is 11.0 Å². The molecule has 19 heavy (non-hydrogen) atoms. The van der Waals surface area contributed by atoms with Gasteiger partial charge in [0.2, 0.25) is 0 Å². The first-order valence-corrected chi connectivity index (χ1v) is 6.36. The lowest BCUT2D eigenvalue weighted by Gasteiger charge is -2.35. The number of hydrogen-bond donors (Lipinski definition) is 1. The van der Waals surface area contributed by atoms with Gasteiger partial charge in [0, 0.05) is 24.3 Å². The first-order chi connectivity index (χ1) is 8.95. The van der Waals surface area contributed by atoms with Gasteiger partial charge < -0.3 is 10.2 Å². The van der Waals surface area contributed by atoms with Crippen molar-refractivity contribution in [1.82, 2.24) is 4.90 Å². The molecule has 0 aromatic heterocycles.